The van der Waals surface area contributed by atoms with Gasteiger partial charge in [0.15, 0.2) is 0 Å². The van der Waals surface area contributed by atoms with Crippen LogP contribution < -0.4 is 4.90 Å². The summed E-state index contributed by atoms with van der Waals surface area (Å²) in [4.78, 5) is 19.0. The van der Waals surface area contributed by atoms with E-state index >= 15 is 0 Å². The number of anilines is 2. The molecule has 0 radical (unpaired) electrons. The molecular weight excluding hydrogens is 352 g/mol. The van der Waals surface area contributed by atoms with Crippen LogP contribution in [0.3, 0.4) is 0 Å². The van der Waals surface area contributed by atoms with Crippen LogP contribution in [0.4, 0.5) is 11.4 Å². The van der Waals surface area contributed by atoms with Crippen molar-refractivity contribution in [3.8, 4) is 0 Å². The highest BCUT2D eigenvalue weighted by Gasteiger charge is 2.29. The molecule has 2 aliphatic rings. The van der Waals surface area contributed by atoms with E-state index in [1.807, 2.05) is 18.2 Å². The van der Waals surface area contributed by atoms with Gasteiger partial charge >= 0.3 is 0 Å². The van der Waals surface area contributed by atoms with Crippen molar-refractivity contribution in [2.75, 3.05) is 24.5 Å². The summed E-state index contributed by atoms with van der Waals surface area (Å²) in [7, 11) is 0. The molecule has 2 aromatic rings. The quantitative estimate of drug-likeness (QED) is 0.692. The lowest BCUT2D eigenvalue weighted by atomic mass is 10.1. The van der Waals surface area contributed by atoms with Crippen LogP contribution in [-0.2, 0) is 0 Å². The highest BCUT2D eigenvalue weighted by Crippen LogP contribution is 2.49. The summed E-state index contributed by atoms with van der Waals surface area (Å²) < 4.78 is 0. The number of halogens is 1. The number of carbonyl (C=O) groups is 1. The fourth-order valence-electron chi connectivity index (χ4n) is 3.80. The lowest BCUT2D eigenvalue weighted by molar-refractivity contribution is 0.108. The first-order chi connectivity index (χ1) is 12.1. The molecule has 130 valence electrons. The van der Waals surface area contributed by atoms with Crippen molar-refractivity contribution in [1.82, 2.24) is 4.90 Å². The molecule has 3 nitrogen and oxygen atoms in total. The van der Waals surface area contributed by atoms with Crippen LogP contribution in [0.2, 0.25) is 0 Å². The standard InChI is InChI=1S/C20H21ClN2OS/c1-14(13-22-10-4-5-11-22)23-16-6-2-3-7-18(16)25-19-9-8-15(20(21)24)12-17(19)23/h2-3,6-9,12,14H,4-5,10-11,13H2,1H3/t14-/m0/s1. The van der Waals surface area contributed by atoms with Gasteiger partial charge in [0, 0.05) is 27.9 Å². The van der Waals surface area contributed by atoms with E-state index in [4.69, 9.17) is 11.6 Å². The third-order valence-electron chi connectivity index (χ3n) is 4.95. The first-order valence-corrected chi connectivity index (χ1v) is 9.95. The van der Waals surface area contributed by atoms with Gasteiger partial charge in [0.1, 0.15) is 0 Å². The third kappa shape index (κ3) is 3.31. The summed E-state index contributed by atoms with van der Waals surface area (Å²) in [5, 5.41) is -0.404. The average Bonchev–Trinajstić information content (AvgIpc) is 3.11. The number of likely N-dealkylation sites (tertiary alicyclic amines) is 1. The van der Waals surface area contributed by atoms with Gasteiger partial charge in [-0.15, -0.1) is 0 Å². The van der Waals surface area contributed by atoms with Crippen LogP contribution in [0, 0.1) is 0 Å². The molecule has 0 spiro atoms. The molecule has 0 amide bonds. The molecule has 4 rings (SSSR count). The zero-order chi connectivity index (χ0) is 17.4. The predicted molar refractivity (Wildman–Crippen MR) is 104 cm³/mol. The van der Waals surface area contributed by atoms with Gasteiger partial charge in [-0.05, 0) is 74.8 Å². The highest BCUT2D eigenvalue weighted by molar-refractivity contribution is 7.99. The van der Waals surface area contributed by atoms with Crippen LogP contribution in [-0.4, -0.2) is 35.8 Å². The lowest BCUT2D eigenvalue weighted by Gasteiger charge is -2.39. The third-order valence-corrected chi connectivity index (χ3v) is 6.30. The maximum Gasteiger partial charge on any atom is 0.252 e. The van der Waals surface area contributed by atoms with Gasteiger partial charge in [-0.25, -0.2) is 0 Å². The fraction of sp³-hybridized carbons (Fsp3) is 0.350. The van der Waals surface area contributed by atoms with Crippen LogP contribution >= 0.6 is 23.4 Å². The van der Waals surface area contributed by atoms with Crippen molar-refractivity contribution in [3.05, 3.63) is 48.0 Å². The van der Waals surface area contributed by atoms with Gasteiger partial charge in [0.25, 0.3) is 5.24 Å². The Morgan fingerprint density at radius 1 is 1.12 bits per heavy atom. The van der Waals surface area contributed by atoms with Crippen LogP contribution in [0.5, 0.6) is 0 Å². The fourth-order valence-corrected chi connectivity index (χ4v) is 4.97. The summed E-state index contributed by atoms with van der Waals surface area (Å²) in [5.41, 5.74) is 2.85. The van der Waals surface area contributed by atoms with E-state index in [2.05, 4.69) is 41.0 Å². The van der Waals surface area contributed by atoms with Gasteiger partial charge in [-0.2, -0.15) is 0 Å². The Labute approximate surface area is 158 Å². The van der Waals surface area contributed by atoms with Gasteiger partial charge < -0.3 is 9.80 Å². The molecule has 0 saturated carbocycles. The minimum absolute atomic E-state index is 0.319. The SMILES string of the molecule is C[C@@H](CN1CCCC1)N1c2ccccc2Sc2ccc(C(=O)Cl)cc21. The number of hydrogen-bond donors (Lipinski definition) is 0. The minimum atomic E-state index is -0.404. The maximum absolute atomic E-state index is 11.7. The Morgan fingerprint density at radius 3 is 2.60 bits per heavy atom. The second kappa shape index (κ2) is 7.02. The Bertz CT molecular complexity index is 804. The van der Waals surface area contributed by atoms with Crippen molar-refractivity contribution in [3.63, 3.8) is 0 Å². The average molecular weight is 373 g/mol. The van der Waals surface area contributed by atoms with E-state index < -0.39 is 5.24 Å². The molecular formula is C20H21ClN2OS. The largest absolute Gasteiger partial charge is 0.335 e. The molecule has 1 atom stereocenters. The van der Waals surface area contributed by atoms with Gasteiger partial charge in [0.2, 0.25) is 0 Å². The number of nitrogens with zero attached hydrogens (tertiary/aromatic N) is 2. The van der Waals surface area contributed by atoms with Crippen molar-refractivity contribution >= 4 is 40.0 Å². The van der Waals surface area contributed by atoms with Crippen LogP contribution in [0.25, 0.3) is 0 Å². The molecule has 2 heterocycles. The van der Waals surface area contributed by atoms with Crippen molar-refractivity contribution in [1.29, 1.82) is 0 Å². The molecule has 1 fully saturated rings. The summed E-state index contributed by atoms with van der Waals surface area (Å²) in [6, 6.07) is 14.6. The molecule has 0 aromatic heterocycles. The number of carbonyl (C=O) groups excluding carboxylic acids is 1. The zero-order valence-electron chi connectivity index (χ0n) is 14.2. The molecule has 0 aliphatic carbocycles. The van der Waals surface area contributed by atoms with Crippen molar-refractivity contribution < 1.29 is 4.79 Å². The minimum Gasteiger partial charge on any atom is -0.335 e. The van der Waals surface area contributed by atoms with E-state index in [0.29, 0.717) is 11.6 Å². The molecule has 2 aliphatic heterocycles. The van der Waals surface area contributed by atoms with Gasteiger partial charge in [0.05, 0.1) is 11.4 Å². The number of hydrogen-bond acceptors (Lipinski definition) is 4. The second-order valence-electron chi connectivity index (χ2n) is 6.75. The van der Waals surface area contributed by atoms with Crippen molar-refractivity contribution in [2.24, 2.45) is 0 Å². The van der Waals surface area contributed by atoms with E-state index in [-0.39, 0.29) is 0 Å². The summed E-state index contributed by atoms with van der Waals surface area (Å²) in [6.45, 7) is 5.66. The summed E-state index contributed by atoms with van der Waals surface area (Å²) in [6.07, 6.45) is 2.58. The number of benzene rings is 2. The van der Waals surface area contributed by atoms with Crippen LogP contribution in [0.15, 0.2) is 52.3 Å². The lowest BCUT2D eigenvalue weighted by Crippen LogP contribution is -2.40. The molecule has 5 heteroatoms. The van der Waals surface area contributed by atoms with Crippen LogP contribution in [0.1, 0.15) is 30.1 Å². The molecule has 2 aromatic carbocycles. The highest BCUT2D eigenvalue weighted by atomic mass is 35.5. The summed E-state index contributed by atoms with van der Waals surface area (Å²) in [5.74, 6) is 0. The van der Waals surface area contributed by atoms with Crippen molar-refractivity contribution in [2.45, 2.75) is 35.6 Å². The Kier molecular flexibility index (Phi) is 4.76. The predicted octanol–water partition coefficient (Wildman–Crippen LogP) is 5.15. The molecule has 1 saturated heterocycles. The number of para-hydroxylation sites is 1. The van der Waals surface area contributed by atoms with Gasteiger partial charge in [-0.1, -0.05) is 23.9 Å². The Hall–Kier alpha value is -1.49. The molecule has 0 N–H and O–H groups in total. The first kappa shape index (κ1) is 17.0. The Balaban J connectivity index is 1.75. The van der Waals surface area contributed by atoms with E-state index in [0.717, 1.165) is 12.2 Å². The van der Waals surface area contributed by atoms with E-state index in [1.54, 1.807) is 11.8 Å². The maximum atomic E-state index is 11.7. The van der Waals surface area contributed by atoms with E-state index in [9.17, 15) is 4.79 Å². The van der Waals surface area contributed by atoms with Gasteiger partial charge in [-0.3, -0.25) is 4.79 Å². The second-order valence-corrected chi connectivity index (χ2v) is 8.18. The number of fused-ring (bicyclic) bond motifs is 2. The Morgan fingerprint density at radius 2 is 1.84 bits per heavy atom. The smallest absolute Gasteiger partial charge is 0.252 e. The monoisotopic (exact) mass is 372 g/mol. The number of rotatable bonds is 4. The normalized spacial score (nSPS) is 17.9. The topological polar surface area (TPSA) is 23.6 Å². The molecule has 25 heavy (non-hydrogen) atoms. The van der Waals surface area contributed by atoms with E-state index in [1.165, 1.54) is 41.4 Å². The molecule has 0 bridgehead atoms. The summed E-state index contributed by atoms with van der Waals surface area (Å²) >= 11 is 7.50. The zero-order valence-corrected chi connectivity index (χ0v) is 15.8. The first-order valence-electron chi connectivity index (χ1n) is 8.76. The molecule has 0 unspecified atom stereocenters.